The zero-order valence-electron chi connectivity index (χ0n) is 18.0. The van der Waals surface area contributed by atoms with Crippen molar-refractivity contribution in [2.24, 2.45) is 0 Å². The van der Waals surface area contributed by atoms with E-state index < -0.39 is 17.5 Å². The Labute approximate surface area is 177 Å². The summed E-state index contributed by atoms with van der Waals surface area (Å²) in [5, 5.41) is 0. The highest BCUT2D eigenvalue weighted by molar-refractivity contribution is 6.10. The number of aryl methyl sites for hydroxylation is 2. The van der Waals surface area contributed by atoms with Gasteiger partial charge in [0.15, 0.2) is 0 Å². The van der Waals surface area contributed by atoms with E-state index in [1.54, 1.807) is 13.8 Å². The maximum atomic E-state index is 13.1. The minimum Gasteiger partial charge on any atom is -0.463 e. The molecule has 1 fully saturated rings. The summed E-state index contributed by atoms with van der Waals surface area (Å²) in [6.45, 7) is 7.95. The van der Waals surface area contributed by atoms with Crippen molar-refractivity contribution in [3.05, 3.63) is 76.4 Å². The molecule has 2 aromatic rings. The molecule has 0 unspecified atom stereocenters. The fraction of sp³-hybridized carbons (Fsp3) is 0.360. The molecule has 0 amide bonds. The number of hydrogen-bond donors (Lipinski definition) is 0. The van der Waals surface area contributed by atoms with Gasteiger partial charge in [-0.2, -0.15) is 0 Å². The first kappa shape index (κ1) is 21.8. The van der Waals surface area contributed by atoms with Gasteiger partial charge in [0.25, 0.3) is 5.60 Å². The van der Waals surface area contributed by atoms with Gasteiger partial charge in [0.2, 0.25) is 0 Å². The molecule has 5 nitrogen and oxygen atoms in total. The molecule has 0 radical (unpaired) electrons. The van der Waals surface area contributed by atoms with Crippen LogP contribution in [0.3, 0.4) is 0 Å². The Bertz CT molecular complexity index is 873. The molecule has 1 heterocycles. The SMILES string of the molecule is CCOC(=O)C1(C(=O)OCC)OCCC1=C(c1ccc(C)cc1)c1ccc(C)cc1. The van der Waals surface area contributed by atoms with Crippen molar-refractivity contribution in [1.82, 2.24) is 0 Å². The van der Waals surface area contributed by atoms with Gasteiger partial charge < -0.3 is 14.2 Å². The summed E-state index contributed by atoms with van der Waals surface area (Å²) in [6, 6.07) is 16.0. The van der Waals surface area contributed by atoms with Crippen molar-refractivity contribution in [1.29, 1.82) is 0 Å². The van der Waals surface area contributed by atoms with Crippen molar-refractivity contribution < 1.29 is 23.8 Å². The summed E-state index contributed by atoms with van der Waals surface area (Å²) in [5.41, 5.74) is 3.54. The zero-order valence-corrected chi connectivity index (χ0v) is 18.0. The molecule has 2 aromatic carbocycles. The van der Waals surface area contributed by atoms with Crippen molar-refractivity contribution in [2.75, 3.05) is 19.8 Å². The molecule has 5 heteroatoms. The number of carbonyl (C=O) groups is 2. The molecule has 0 aromatic heterocycles. The van der Waals surface area contributed by atoms with Gasteiger partial charge in [-0.1, -0.05) is 59.7 Å². The maximum Gasteiger partial charge on any atom is 0.354 e. The first-order valence-corrected chi connectivity index (χ1v) is 10.3. The standard InChI is InChI=1S/C25H28O5/c1-5-28-23(26)25(24(27)29-6-2)21(15-16-30-25)22(19-11-7-17(3)8-12-19)20-13-9-18(4)10-14-20/h7-14H,5-6,15-16H2,1-4H3. The van der Waals surface area contributed by atoms with E-state index in [-0.39, 0.29) is 19.8 Å². The van der Waals surface area contributed by atoms with Gasteiger partial charge in [0.1, 0.15) is 0 Å². The van der Waals surface area contributed by atoms with Crippen LogP contribution in [-0.4, -0.2) is 37.4 Å². The smallest absolute Gasteiger partial charge is 0.354 e. The van der Waals surface area contributed by atoms with Gasteiger partial charge in [-0.05, 0) is 56.4 Å². The van der Waals surface area contributed by atoms with E-state index in [9.17, 15) is 9.59 Å². The van der Waals surface area contributed by atoms with Gasteiger partial charge in [-0.3, -0.25) is 0 Å². The average Bonchev–Trinajstić information content (AvgIpc) is 3.17. The molecule has 3 rings (SSSR count). The number of esters is 2. The van der Waals surface area contributed by atoms with Crippen molar-refractivity contribution in [3.8, 4) is 0 Å². The van der Waals surface area contributed by atoms with Crippen LogP contribution in [0, 0.1) is 13.8 Å². The fourth-order valence-electron chi connectivity index (χ4n) is 3.74. The molecule has 0 bridgehead atoms. The Morgan fingerprint density at radius 2 is 1.27 bits per heavy atom. The summed E-state index contributed by atoms with van der Waals surface area (Å²) < 4.78 is 16.4. The van der Waals surface area contributed by atoms with Gasteiger partial charge in [-0.25, -0.2) is 9.59 Å². The van der Waals surface area contributed by atoms with Crippen LogP contribution in [0.5, 0.6) is 0 Å². The number of ether oxygens (including phenoxy) is 3. The maximum absolute atomic E-state index is 13.1. The molecule has 1 aliphatic rings. The van der Waals surface area contributed by atoms with Crippen molar-refractivity contribution in [2.45, 2.75) is 39.7 Å². The summed E-state index contributed by atoms with van der Waals surface area (Å²) in [4.78, 5) is 26.2. The van der Waals surface area contributed by atoms with Crippen LogP contribution in [0.4, 0.5) is 0 Å². The largest absolute Gasteiger partial charge is 0.463 e. The molecular weight excluding hydrogens is 380 g/mol. The Morgan fingerprint density at radius 3 is 1.67 bits per heavy atom. The fourth-order valence-corrected chi connectivity index (χ4v) is 3.74. The monoisotopic (exact) mass is 408 g/mol. The molecule has 0 spiro atoms. The molecule has 0 aliphatic carbocycles. The number of carbonyl (C=O) groups excluding carboxylic acids is 2. The van der Waals surface area contributed by atoms with Gasteiger partial charge in [-0.15, -0.1) is 0 Å². The van der Waals surface area contributed by atoms with Crippen LogP contribution in [-0.2, 0) is 23.8 Å². The highest BCUT2D eigenvalue weighted by atomic mass is 16.6. The Morgan fingerprint density at radius 1 is 0.833 bits per heavy atom. The molecule has 0 atom stereocenters. The van der Waals surface area contributed by atoms with Crippen LogP contribution in [0.2, 0.25) is 0 Å². The van der Waals surface area contributed by atoms with E-state index in [1.807, 2.05) is 62.4 Å². The lowest BCUT2D eigenvalue weighted by Gasteiger charge is -2.27. The Balaban J connectivity index is 2.31. The third kappa shape index (κ3) is 4.03. The first-order valence-electron chi connectivity index (χ1n) is 10.3. The number of benzene rings is 2. The second-order valence-electron chi connectivity index (χ2n) is 7.31. The zero-order chi connectivity index (χ0) is 21.7. The van der Waals surface area contributed by atoms with Gasteiger partial charge in [0, 0.05) is 0 Å². The minimum atomic E-state index is -1.89. The third-order valence-corrected chi connectivity index (χ3v) is 5.20. The summed E-state index contributed by atoms with van der Waals surface area (Å²) in [5.74, 6) is -1.46. The van der Waals surface area contributed by atoms with E-state index >= 15 is 0 Å². The quantitative estimate of drug-likeness (QED) is 0.524. The second-order valence-corrected chi connectivity index (χ2v) is 7.31. The van der Waals surface area contributed by atoms with E-state index in [0.717, 1.165) is 27.8 Å². The predicted molar refractivity (Wildman–Crippen MR) is 115 cm³/mol. The summed E-state index contributed by atoms with van der Waals surface area (Å²) in [6.07, 6.45) is 0.425. The lowest BCUT2D eigenvalue weighted by atomic mass is 9.83. The summed E-state index contributed by atoms with van der Waals surface area (Å²) in [7, 11) is 0. The van der Waals surface area contributed by atoms with Crippen LogP contribution in [0.1, 0.15) is 42.5 Å². The van der Waals surface area contributed by atoms with Crippen LogP contribution in [0.15, 0.2) is 54.1 Å². The number of hydrogen-bond acceptors (Lipinski definition) is 5. The van der Waals surface area contributed by atoms with Crippen LogP contribution < -0.4 is 0 Å². The van der Waals surface area contributed by atoms with Crippen molar-refractivity contribution in [3.63, 3.8) is 0 Å². The number of rotatable bonds is 6. The first-order chi connectivity index (χ1) is 14.4. The molecular formula is C25H28O5. The molecule has 1 saturated heterocycles. The average molecular weight is 408 g/mol. The van der Waals surface area contributed by atoms with E-state index in [4.69, 9.17) is 14.2 Å². The minimum absolute atomic E-state index is 0.140. The normalized spacial score (nSPS) is 15.0. The molecule has 158 valence electrons. The third-order valence-electron chi connectivity index (χ3n) is 5.20. The predicted octanol–water partition coefficient (Wildman–Crippen LogP) is 4.39. The molecule has 30 heavy (non-hydrogen) atoms. The van der Waals surface area contributed by atoms with Crippen LogP contribution >= 0.6 is 0 Å². The van der Waals surface area contributed by atoms with E-state index in [2.05, 4.69) is 0 Å². The second kappa shape index (κ2) is 9.26. The Kier molecular flexibility index (Phi) is 6.73. The van der Waals surface area contributed by atoms with E-state index in [0.29, 0.717) is 12.0 Å². The van der Waals surface area contributed by atoms with Crippen molar-refractivity contribution >= 4 is 17.5 Å². The highest BCUT2D eigenvalue weighted by Gasteiger charge is 2.57. The molecule has 0 N–H and O–H groups in total. The lowest BCUT2D eigenvalue weighted by Crippen LogP contribution is -2.50. The van der Waals surface area contributed by atoms with Gasteiger partial charge in [0.05, 0.1) is 19.8 Å². The summed E-state index contributed by atoms with van der Waals surface area (Å²) >= 11 is 0. The molecule has 1 aliphatic heterocycles. The lowest BCUT2D eigenvalue weighted by molar-refractivity contribution is -0.180. The molecule has 0 saturated carbocycles. The van der Waals surface area contributed by atoms with Gasteiger partial charge >= 0.3 is 11.9 Å². The highest BCUT2D eigenvalue weighted by Crippen LogP contribution is 2.42. The topological polar surface area (TPSA) is 61.8 Å². The van der Waals surface area contributed by atoms with Crippen LogP contribution in [0.25, 0.3) is 5.57 Å². The Hall–Kier alpha value is -2.92. The van der Waals surface area contributed by atoms with E-state index in [1.165, 1.54) is 0 Å².